The van der Waals surface area contributed by atoms with Gasteiger partial charge in [0, 0.05) is 54.3 Å². The Kier molecular flexibility index (Phi) is 6.79. The van der Waals surface area contributed by atoms with Crippen LogP contribution in [0.15, 0.2) is 41.0 Å². The van der Waals surface area contributed by atoms with E-state index in [4.69, 9.17) is 9.15 Å². The third-order valence-corrected chi connectivity index (χ3v) is 8.01. The van der Waals surface area contributed by atoms with E-state index in [-0.39, 0.29) is 5.91 Å². The van der Waals surface area contributed by atoms with Gasteiger partial charge in [0.1, 0.15) is 11.3 Å². The molecule has 0 spiro atoms. The quantitative estimate of drug-likeness (QED) is 0.485. The number of furan rings is 1. The van der Waals surface area contributed by atoms with Crippen molar-refractivity contribution in [2.75, 3.05) is 39.5 Å². The summed E-state index contributed by atoms with van der Waals surface area (Å²) in [5, 5.41) is 0.965. The van der Waals surface area contributed by atoms with Crippen LogP contribution in [-0.2, 0) is 14.8 Å². The number of hydrogen-bond acceptors (Lipinski definition) is 5. The number of methoxy groups -OCH3 is 1. The van der Waals surface area contributed by atoms with Crippen LogP contribution in [0.25, 0.3) is 27.7 Å². The maximum atomic E-state index is 13.0. The number of sulfonamides is 1. The summed E-state index contributed by atoms with van der Waals surface area (Å²) in [6, 6.07) is 8.38. The first kappa shape index (κ1) is 25.0. The van der Waals surface area contributed by atoms with E-state index in [0.717, 1.165) is 38.8 Å². The molecule has 1 amide bonds. The maximum Gasteiger partial charge on any atom is 0.246 e. The highest BCUT2D eigenvalue weighted by molar-refractivity contribution is 7.88. The van der Waals surface area contributed by atoms with E-state index in [0.29, 0.717) is 31.9 Å². The Morgan fingerprint density at radius 2 is 1.74 bits per heavy atom. The summed E-state index contributed by atoms with van der Waals surface area (Å²) in [5.41, 5.74) is 7.70. The standard InChI is InChI=1S/C27H32N2O5S/c1-17-7-8-21(18(2)13-17)24-16-34-27-20(4)26(33-5)22(15-23(24)27)19(3)14-25(30)28-9-11-29(12-10-28)35(6,31)32/h7-8,13-16H,9-12H2,1-6H3/b19-14+. The van der Waals surface area contributed by atoms with E-state index < -0.39 is 10.0 Å². The van der Waals surface area contributed by atoms with Gasteiger partial charge < -0.3 is 14.1 Å². The number of allylic oxidation sites excluding steroid dienone is 1. The van der Waals surface area contributed by atoms with Gasteiger partial charge in [0.2, 0.25) is 15.9 Å². The number of carbonyl (C=O) groups excluding carboxylic acids is 1. The van der Waals surface area contributed by atoms with Gasteiger partial charge in [0.05, 0.1) is 19.6 Å². The van der Waals surface area contributed by atoms with Gasteiger partial charge in [-0.1, -0.05) is 23.8 Å². The van der Waals surface area contributed by atoms with E-state index in [1.54, 1.807) is 24.3 Å². The fourth-order valence-corrected chi connectivity index (χ4v) is 5.62. The number of amides is 1. The summed E-state index contributed by atoms with van der Waals surface area (Å²) in [6.07, 6.45) is 4.58. The first-order valence-corrected chi connectivity index (χ1v) is 13.4. The van der Waals surface area contributed by atoms with Crippen molar-refractivity contribution in [3.8, 4) is 16.9 Å². The van der Waals surface area contributed by atoms with E-state index in [1.807, 2.05) is 19.9 Å². The lowest BCUT2D eigenvalue weighted by Crippen LogP contribution is -2.49. The minimum absolute atomic E-state index is 0.141. The van der Waals surface area contributed by atoms with Gasteiger partial charge >= 0.3 is 0 Å². The number of piperazine rings is 1. The van der Waals surface area contributed by atoms with Gasteiger partial charge in [-0.15, -0.1) is 0 Å². The zero-order chi connectivity index (χ0) is 25.5. The number of carbonyl (C=O) groups is 1. The number of fused-ring (bicyclic) bond motifs is 1. The molecule has 0 atom stereocenters. The molecule has 1 aliphatic rings. The molecule has 1 aromatic heterocycles. The second-order valence-corrected chi connectivity index (χ2v) is 11.2. The molecule has 2 aromatic carbocycles. The SMILES string of the molecule is COc1c(/C(C)=C/C(=O)N2CCN(S(C)(=O)=O)CC2)cc2c(-c3ccc(C)cc3C)coc2c1C. The first-order valence-electron chi connectivity index (χ1n) is 11.6. The number of aryl methyl sites for hydroxylation is 3. The molecule has 0 aliphatic carbocycles. The molecule has 8 heteroatoms. The van der Waals surface area contributed by atoms with Crippen LogP contribution in [0.3, 0.4) is 0 Å². The van der Waals surface area contributed by atoms with Crippen LogP contribution in [0, 0.1) is 20.8 Å². The summed E-state index contributed by atoms with van der Waals surface area (Å²) >= 11 is 0. The van der Waals surface area contributed by atoms with Gasteiger partial charge in [-0.05, 0) is 50.5 Å². The smallest absolute Gasteiger partial charge is 0.246 e. The highest BCUT2D eigenvalue weighted by Gasteiger charge is 2.26. The molecule has 186 valence electrons. The minimum Gasteiger partial charge on any atom is -0.496 e. The van der Waals surface area contributed by atoms with Crippen LogP contribution in [0.4, 0.5) is 0 Å². The fourth-order valence-electron chi connectivity index (χ4n) is 4.79. The van der Waals surface area contributed by atoms with Crippen LogP contribution < -0.4 is 4.74 Å². The zero-order valence-corrected chi connectivity index (χ0v) is 22.0. The van der Waals surface area contributed by atoms with E-state index in [2.05, 4.69) is 32.0 Å². The molecular weight excluding hydrogens is 464 g/mol. The monoisotopic (exact) mass is 496 g/mol. The average Bonchev–Trinajstić information content (AvgIpc) is 3.22. The molecule has 1 aliphatic heterocycles. The molecule has 0 bridgehead atoms. The number of benzene rings is 2. The topological polar surface area (TPSA) is 80.1 Å². The second kappa shape index (κ2) is 9.51. The fraction of sp³-hybridized carbons (Fsp3) is 0.370. The lowest BCUT2D eigenvalue weighted by atomic mass is 9.94. The van der Waals surface area contributed by atoms with Gasteiger partial charge in [0.25, 0.3) is 0 Å². The molecule has 0 unspecified atom stereocenters. The summed E-state index contributed by atoms with van der Waals surface area (Å²) < 4.78 is 36.7. The van der Waals surface area contributed by atoms with Crippen molar-refractivity contribution in [1.82, 2.24) is 9.21 Å². The van der Waals surface area contributed by atoms with Gasteiger partial charge in [-0.3, -0.25) is 4.79 Å². The molecule has 3 aromatic rings. The Hall–Kier alpha value is -3.10. The second-order valence-electron chi connectivity index (χ2n) is 9.24. The predicted octanol–water partition coefficient (Wildman–Crippen LogP) is 4.54. The Morgan fingerprint density at radius 1 is 1.06 bits per heavy atom. The third-order valence-electron chi connectivity index (χ3n) is 6.70. The van der Waals surface area contributed by atoms with E-state index >= 15 is 0 Å². The minimum atomic E-state index is -3.25. The van der Waals surface area contributed by atoms with Crippen LogP contribution >= 0.6 is 0 Å². The molecular formula is C27H32N2O5S. The first-order chi connectivity index (χ1) is 16.5. The Morgan fingerprint density at radius 3 is 2.34 bits per heavy atom. The number of hydrogen-bond donors (Lipinski definition) is 0. The maximum absolute atomic E-state index is 13.0. The van der Waals surface area contributed by atoms with Crippen molar-refractivity contribution in [1.29, 1.82) is 0 Å². The molecule has 35 heavy (non-hydrogen) atoms. The lowest BCUT2D eigenvalue weighted by Gasteiger charge is -2.32. The lowest BCUT2D eigenvalue weighted by molar-refractivity contribution is -0.127. The van der Waals surface area contributed by atoms with Crippen molar-refractivity contribution < 1.29 is 22.4 Å². The summed E-state index contributed by atoms with van der Waals surface area (Å²) in [6.45, 7) is 9.35. The molecule has 0 saturated carbocycles. The molecule has 2 heterocycles. The molecule has 1 saturated heterocycles. The Bertz CT molecular complexity index is 1430. The number of rotatable bonds is 5. The Balaban J connectivity index is 1.71. The molecule has 1 fully saturated rings. The van der Waals surface area contributed by atoms with Gasteiger partial charge in [-0.25, -0.2) is 8.42 Å². The van der Waals surface area contributed by atoms with Crippen LogP contribution in [-0.4, -0.2) is 63.1 Å². The molecule has 0 radical (unpaired) electrons. The van der Waals surface area contributed by atoms with Gasteiger partial charge in [0.15, 0.2) is 0 Å². The van der Waals surface area contributed by atoms with Crippen molar-refractivity contribution in [3.05, 3.63) is 58.9 Å². The normalized spacial score (nSPS) is 15.6. The van der Waals surface area contributed by atoms with Crippen molar-refractivity contribution in [2.24, 2.45) is 0 Å². The van der Waals surface area contributed by atoms with Gasteiger partial charge in [-0.2, -0.15) is 4.31 Å². The summed E-state index contributed by atoms with van der Waals surface area (Å²) in [7, 11) is -1.63. The predicted molar refractivity (Wildman–Crippen MR) is 139 cm³/mol. The highest BCUT2D eigenvalue weighted by Crippen LogP contribution is 2.41. The molecule has 4 rings (SSSR count). The largest absolute Gasteiger partial charge is 0.496 e. The summed E-state index contributed by atoms with van der Waals surface area (Å²) in [4.78, 5) is 14.7. The molecule has 0 N–H and O–H groups in total. The van der Waals surface area contributed by atoms with E-state index in [1.165, 1.54) is 21.7 Å². The highest BCUT2D eigenvalue weighted by atomic mass is 32.2. The van der Waals surface area contributed by atoms with Crippen LogP contribution in [0.1, 0.15) is 29.2 Å². The Labute approximate surface area is 207 Å². The molecule has 7 nitrogen and oxygen atoms in total. The van der Waals surface area contributed by atoms with Crippen molar-refractivity contribution >= 4 is 32.5 Å². The van der Waals surface area contributed by atoms with Crippen LogP contribution in [0.2, 0.25) is 0 Å². The van der Waals surface area contributed by atoms with Crippen molar-refractivity contribution in [3.63, 3.8) is 0 Å². The number of ether oxygens (including phenoxy) is 1. The zero-order valence-electron chi connectivity index (χ0n) is 21.1. The van der Waals surface area contributed by atoms with Crippen LogP contribution in [0.5, 0.6) is 5.75 Å². The summed E-state index contributed by atoms with van der Waals surface area (Å²) in [5.74, 6) is 0.528. The van der Waals surface area contributed by atoms with Crippen molar-refractivity contribution in [2.45, 2.75) is 27.7 Å². The third kappa shape index (κ3) is 4.86. The average molecular weight is 497 g/mol. The number of nitrogens with zero attached hydrogens (tertiary/aromatic N) is 2. The van der Waals surface area contributed by atoms with E-state index in [9.17, 15) is 13.2 Å².